The van der Waals surface area contributed by atoms with E-state index in [1.54, 1.807) is 0 Å². The summed E-state index contributed by atoms with van der Waals surface area (Å²) in [4.78, 5) is 14.2. The van der Waals surface area contributed by atoms with Gasteiger partial charge in [-0.3, -0.25) is 0 Å². The van der Waals surface area contributed by atoms with Crippen LogP contribution in [0, 0.1) is 16.7 Å². The maximum absolute atomic E-state index is 12.3. The maximum Gasteiger partial charge on any atom is 0.317 e. The smallest absolute Gasteiger partial charge is 0.317 e. The standard InChI is InChI=1S/C16H28N2O2/c1-2-15(12-19)7-9-18(10-8-15)14(20)17-11-16(5-6-16)13-3-4-13/h13,19H,2-12H2,1H3,(H,17,20). The first-order valence-electron chi connectivity index (χ1n) is 8.27. The number of hydrogen-bond acceptors (Lipinski definition) is 2. The van der Waals surface area contributed by atoms with Crippen molar-refractivity contribution in [3.8, 4) is 0 Å². The molecular formula is C16H28N2O2. The lowest BCUT2D eigenvalue weighted by Gasteiger charge is -2.40. The molecule has 2 saturated carbocycles. The fourth-order valence-electron chi connectivity index (χ4n) is 3.76. The van der Waals surface area contributed by atoms with E-state index in [9.17, 15) is 9.90 Å². The molecule has 2 aliphatic carbocycles. The lowest BCUT2D eigenvalue weighted by molar-refractivity contribution is 0.0517. The summed E-state index contributed by atoms with van der Waals surface area (Å²) in [6.45, 7) is 4.85. The van der Waals surface area contributed by atoms with E-state index in [2.05, 4.69) is 12.2 Å². The Labute approximate surface area is 121 Å². The molecule has 0 atom stereocenters. The van der Waals surface area contributed by atoms with Gasteiger partial charge in [-0.05, 0) is 61.7 Å². The molecule has 0 aromatic heterocycles. The zero-order valence-electron chi connectivity index (χ0n) is 12.7. The second-order valence-electron chi connectivity index (χ2n) is 7.29. The molecule has 1 heterocycles. The van der Waals surface area contributed by atoms with Crippen LogP contribution in [-0.2, 0) is 0 Å². The first-order valence-corrected chi connectivity index (χ1v) is 8.27. The minimum Gasteiger partial charge on any atom is -0.396 e. The van der Waals surface area contributed by atoms with E-state index in [1.807, 2.05) is 4.90 Å². The highest BCUT2D eigenvalue weighted by Gasteiger charge is 2.53. The second kappa shape index (κ2) is 5.21. The Kier molecular flexibility index (Phi) is 3.69. The number of hydrogen-bond donors (Lipinski definition) is 2. The van der Waals surface area contributed by atoms with Crippen LogP contribution < -0.4 is 5.32 Å². The molecule has 0 bridgehead atoms. The van der Waals surface area contributed by atoms with Gasteiger partial charge in [0.2, 0.25) is 0 Å². The minimum absolute atomic E-state index is 0.0580. The second-order valence-corrected chi connectivity index (χ2v) is 7.29. The van der Waals surface area contributed by atoms with Gasteiger partial charge in [-0.2, -0.15) is 0 Å². The monoisotopic (exact) mass is 280 g/mol. The number of urea groups is 1. The van der Waals surface area contributed by atoms with Crippen LogP contribution in [0.4, 0.5) is 4.79 Å². The van der Waals surface area contributed by atoms with Crippen LogP contribution in [0.3, 0.4) is 0 Å². The number of carbonyl (C=O) groups is 1. The molecular weight excluding hydrogens is 252 g/mol. The molecule has 0 radical (unpaired) electrons. The van der Waals surface area contributed by atoms with Crippen LogP contribution >= 0.6 is 0 Å². The number of likely N-dealkylation sites (tertiary alicyclic amines) is 1. The number of nitrogens with zero attached hydrogens (tertiary/aromatic N) is 1. The number of rotatable bonds is 5. The van der Waals surface area contributed by atoms with Crippen LogP contribution in [0.1, 0.15) is 51.9 Å². The Morgan fingerprint density at radius 2 is 1.90 bits per heavy atom. The number of aliphatic hydroxyl groups is 1. The molecule has 20 heavy (non-hydrogen) atoms. The van der Waals surface area contributed by atoms with Crippen LogP contribution in [0.2, 0.25) is 0 Å². The van der Waals surface area contributed by atoms with E-state index in [-0.39, 0.29) is 18.1 Å². The largest absolute Gasteiger partial charge is 0.396 e. The molecule has 3 aliphatic rings. The topological polar surface area (TPSA) is 52.6 Å². The molecule has 1 saturated heterocycles. The van der Waals surface area contributed by atoms with Crippen LogP contribution in [-0.4, -0.2) is 42.3 Å². The zero-order chi connectivity index (χ0) is 14.2. The molecule has 4 heteroatoms. The van der Waals surface area contributed by atoms with Crippen molar-refractivity contribution in [2.45, 2.75) is 51.9 Å². The van der Waals surface area contributed by atoms with Gasteiger partial charge in [0.25, 0.3) is 0 Å². The van der Waals surface area contributed by atoms with Gasteiger partial charge in [-0.15, -0.1) is 0 Å². The summed E-state index contributed by atoms with van der Waals surface area (Å²) in [6.07, 6.45) is 8.22. The third-order valence-electron chi connectivity index (χ3n) is 6.12. The van der Waals surface area contributed by atoms with E-state index in [4.69, 9.17) is 0 Å². The summed E-state index contributed by atoms with van der Waals surface area (Å²) in [5.41, 5.74) is 0.534. The maximum atomic E-state index is 12.3. The predicted octanol–water partition coefficient (Wildman–Crippen LogP) is 2.37. The summed E-state index contributed by atoms with van der Waals surface area (Å²) >= 11 is 0. The van der Waals surface area contributed by atoms with Gasteiger partial charge < -0.3 is 15.3 Å². The molecule has 0 aromatic rings. The number of piperidine rings is 1. The van der Waals surface area contributed by atoms with E-state index < -0.39 is 0 Å². The molecule has 0 unspecified atom stereocenters. The lowest BCUT2D eigenvalue weighted by atomic mass is 9.77. The van der Waals surface area contributed by atoms with Gasteiger partial charge in [0.15, 0.2) is 0 Å². The van der Waals surface area contributed by atoms with Crippen molar-refractivity contribution in [1.82, 2.24) is 10.2 Å². The Morgan fingerprint density at radius 1 is 1.25 bits per heavy atom. The quantitative estimate of drug-likeness (QED) is 0.812. The number of nitrogens with one attached hydrogen (secondary N) is 1. The third-order valence-corrected chi connectivity index (χ3v) is 6.12. The Bertz CT molecular complexity index is 361. The summed E-state index contributed by atoms with van der Waals surface area (Å²) in [7, 11) is 0. The van der Waals surface area contributed by atoms with E-state index >= 15 is 0 Å². The molecule has 2 amide bonds. The van der Waals surface area contributed by atoms with Gasteiger partial charge in [0.05, 0.1) is 0 Å². The normalized spacial score (nSPS) is 27.2. The summed E-state index contributed by atoms with van der Waals surface area (Å²) < 4.78 is 0. The fourth-order valence-corrected chi connectivity index (χ4v) is 3.76. The Balaban J connectivity index is 1.44. The first kappa shape index (κ1) is 14.2. The van der Waals surface area contributed by atoms with Gasteiger partial charge in [0, 0.05) is 26.2 Å². The van der Waals surface area contributed by atoms with Gasteiger partial charge in [-0.25, -0.2) is 4.79 Å². The molecule has 0 aromatic carbocycles. The van der Waals surface area contributed by atoms with Crippen LogP contribution in [0.5, 0.6) is 0 Å². The molecule has 1 aliphatic heterocycles. The molecule has 3 rings (SSSR count). The average molecular weight is 280 g/mol. The molecule has 2 N–H and O–H groups in total. The first-order chi connectivity index (χ1) is 9.63. The molecule has 114 valence electrons. The van der Waals surface area contributed by atoms with E-state index in [0.29, 0.717) is 5.41 Å². The zero-order valence-corrected chi connectivity index (χ0v) is 12.7. The van der Waals surface area contributed by atoms with Gasteiger partial charge in [0.1, 0.15) is 0 Å². The van der Waals surface area contributed by atoms with Crippen molar-refractivity contribution in [2.75, 3.05) is 26.2 Å². The molecule has 3 fully saturated rings. The average Bonchev–Trinajstić information content (AvgIpc) is 3.37. The predicted molar refractivity (Wildman–Crippen MR) is 78.4 cm³/mol. The number of aliphatic hydroxyl groups excluding tert-OH is 1. The molecule has 4 nitrogen and oxygen atoms in total. The van der Waals surface area contributed by atoms with Crippen molar-refractivity contribution in [1.29, 1.82) is 0 Å². The highest BCUT2D eigenvalue weighted by Crippen LogP contribution is 2.60. The summed E-state index contributed by atoms with van der Waals surface area (Å²) in [5.74, 6) is 0.895. The minimum atomic E-state index is 0.0580. The SMILES string of the molecule is CCC1(CO)CCN(C(=O)NCC2(C3CC3)CC2)CC1. The molecule has 0 spiro atoms. The van der Waals surface area contributed by atoms with Crippen LogP contribution in [0.15, 0.2) is 0 Å². The Morgan fingerprint density at radius 3 is 2.35 bits per heavy atom. The van der Waals surface area contributed by atoms with Crippen molar-refractivity contribution >= 4 is 6.03 Å². The van der Waals surface area contributed by atoms with Crippen molar-refractivity contribution in [2.24, 2.45) is 16.7 Å². The van der Waals surface area contributed by atoms with E-state index in [1.165, 1.54) is 25.7 Å². The highest BCUT2D eigenvalue weighted by atomic mass is 16.3. The number of carbonyl (C=O) groups excluding carboxylic acids is 1. The van der Waals surface area contributed by atoms with Crippen molar-refractivity contribution < 1.29 is 9.90 Å². The number of amides is 2. The fraction of sp³-hybridized carbons (Fsp3) is 0.938. The van der Waals surface area contributed by atoms with Crippen molar-refractivity contribution in [3.05, 3.63) is 0 Å². The van der Waals surface area contributed by atoms with Crippen LogP contribution in [0.25, 0.3) is 0 Å². The summed E-state index contributed by atoms with van der Waals surface area (Å²) in [5, 5.41) is 12.7. The Hall–Kier alpha value is -0.770. The lowest BCUT2D eigenvalue weighted by Crippen LogP contribution is -2.49. The highest BCUT2D eigenvalue weighted by molar-refractivity contribution is 5.74. The summed E-state index contributed by atoms with van der Waals surface area (Å²) in [6, 6.07) is 0.111. The third kappa shape index (κ3) is 2.67. The van der Waals surface area contributed by atoms with Crippen molar-refractivity contribution in [3.63, 3.8) is 0 Å². The van der Waals surface area contributed by atoms with E-state index in [0.717, 1.165) is 44.8 Å². The van der Waals surface area contributed by atoms with Gasteiger partial charge >= 0.3 is 6.03 Å². The van der Waals surface area contributed by atoms with Gasteiger partial charge in [-0.1, -0.05) is 6.92 Å².